The summed E-state index contributed by atoms with van der Waals surface area (Å²) < 4.78 is 0. The number of amides is 1. The van der Waals surface area contributed by atoms with Crippen molar-refractivity contribution in [3.05, 3.63) is 0 Å². The molecule has 0 aliphatic carbocycles. The van der Waals surface area contributed by atoms with Crippen LogP contribution in [-0.4, -0.2) is 22.4 Å². The second kappa shape index (κ2) is 4.75. The Bertz CT molecular complexity index is 149. The quantitative estimate of drug-likeness (QED) is 0.736. The fourth-order valence-electron chi connectivity index (χ4n) is 0.697. The summed E-state index contributed by atoms with van der Waals surface area (Å²) in [5.74, 6) is 0.691. The van der Waals surface area contributed by atoms with E-state index in [2.05, 4.69) is 19.2 Å². The maximum atomic E-state index is 11.2. The van der Waals surface area contributed by atoms with Crippen LogP contribution in [0.1, 0.15) is 34.6 Å². The van der Waals surface area contributed by atoms with Crippen molar-refractivity contribution in [3.63, 3.8) is 0 Å². The van der Waals surface area contributed by atoms with Crippen molar-refractivity contribution >= 4 is 17.7 Å². The number of rotatable bonds is 3. The highest BCUT2D eigenvalue weighted by molar-refractivity contribution is 8.00. The molecule has 3 heteroatoms. The molecule has 1 amide bonds. The van der Waals surface area contributed by atoms with Gasteiger partial charge in [0.2, 0.25) is 5.91 Å². The molecule has 0 radical (unpaired) electrons. The number of hydrogen-bond donors (Lipinski definition) is 1. The van der Waals surface area contributed by atoms with Gasteiger partial charge in [-0.05, 0) is 26.0 Å². The molecule has 0 aromatic rings. The predicted octanol–water partition coefficient (Wildman–Crippen LogP) is 2.04. The summed E-state index contributed by atoms with van der Waals surface area (Å²) in [6.07, 6.45) is 0. The third-order valence-electron chi connectivity index (χ3n) is 1.06. The zero-order valence-corrected chi connectivity index (χ0v) is 9.42. The van der Waals surface area contributed by atoms with Gasteiger partial charge in [-0.1, -0.05) is 13.8 Å². The second-order valence-corrected chi connectivity index (χ2v) is 5.72. The van der Waals surface area contributed by atoms with Crippen molar-refractivity contribution in [2.75, 3.05) is 5.75 Å². The van der Waals surface area contributed by atoms with Gasteiger partial charge < -0.3 is 5.32 Å². The molecule has 1 N–H and O–H groups in total. The highest BCUT2D eigenvalue weighted by Gasteiger charge is 2.13. The number of hydrogen-bond acceptors (Lipinski definition) is 2. The molecule has 0 aromatic carbocycles. The van der Waals surface area contributed by atoms with E-state index in [9.17, 15) is 4.79 Å². The molecule has 0 aromatic heterocycles. The Labute approximate surface area is 79.5 Å². The summed E-state index contributed by atoms with van der Waals surface area (Å²) in [6, 6.07) is 0. The van der Waals surface area contributed by atoms with Crippen molar-refractivity contribution in [1.82, 2.24) is 5.32 Å². The maximum Gasteiger partial charge on any atom is 0.230 e. The zero-order valence-electron chi connectivity index (χ0n) is 8.60. The summed E-state index contributed by atoms with van der Waals surface area (Å²) in [7, 11) is 0. The minimum absolute atomic E-state index is 0.103. The van der Waals surface area contributed by atoms with Crippen LogP contribution >= 0.6 is 11.8 Å². The summed E-state index contributed by atoms with van der Waals surface area (Å²) in [4.78, 5) is 11.2. The fraction of sp³-hybridized carbons (Fsp3) is 0.889. The van der Waals surface area contributed by atoms with Gasteiger partial charge >= 0.3 is 0 Å². The van der Waals surface area contributed by atoms with Crippen LogP contribution in [0.2, 0.25) is 0 Å². The lowest BCUT2D eigenvalue weighted by atomic mass is 10.1. The van der Waals surface area contributed by atoms with Crippen molar-refractivity contribution < 1.29 is 4.79 Å². The summed E-state index contributed by atoms with van der Waals surface area (Å²) in [5, 5.41) is 3.44. The normalized spacial score (nSPS) is 11.8. The molecule has 0 atom stereocenters. The van der Waals surface area contributed by atoms with Gasteiger partial charge in [-0.2, -0.15) is 0 Å². The van der Waals surface area contributed by atoms with E-state index in [1.807, 2.05) is 20.8 Å². The number of carbonyl (C=O) groups is 1. The Morgan fingerprint density at radius 1 is 1.42 bits per heavy atom. The molecule has 0 aliphatic heterocycles. The smallest absolute Gasteiger partial charge is 0.230 e. The molecule has 0 heterocycles. The average Bonchev–Trinajstić information content (AvgIpc) is 1.79. The van der Waals surface area contributed by atoms with Crippen LogP contribution in [-0.2, 0) is 4.79 Å². The molecular weight excluding hydrogens is 170 g/mol. The van der Waals surface area contributed by atoms with E-state index in [1.165, 1.54) is 0 Å². The highest BCUT2D eigenvalue weighted by Crippen LogP contribution is 2.09. The third-order valence-corrected chi connectivity index (χ3v) is 2.16. The molecular formula is C9H19NOS. The van der Waals surface area contributed by atoms with Gasteiger partial charge in [0.1, 0.15) is 0 Å². The molecule has 72 valence electrons. The monoisotopic (exact) mass is 189 g/mol. The number of carbonyl (C=O) groups excluding carboxylic acids is 1. The number of nitrogens with one attached hydrogen (secondary N) is 1. The molecule has 0 saturated carbocycles. The minimum Gasteiger partial charge on any atom is -0.351 e. The topological polar surface area (TPSA) is 29.1 Å². The van der Waals surface area contributed by atoms with Gasteiger partial charge in [-0.25, -0.2) is 0 Å². The van der Waals surface area contributed by atoms with Gasteiger partial charge in [0, 0.05) is 5.54 Å². The first kappa shape index (κ1) is 11.8. The van der Waals surface area contributed by atoms with Gasteiger partial charge in [0.05, 0.1) is 5.75 Å². The van der Waals surface area contributed by atoms with Crippen LogP contribution in [0, 0.1) is 0 Å². The lowest BCUT2D eigenvalue weighted by Crippen LogP contribution is -2.41. The number of thioether (sulfide) groups is 1. The van der Waals surface area contributed by atoms with Crippen molar-refractivity contribution in [2.45, 2.75) is 45.4 Å². The van der Waals surface area contributed by atoms with Crippen LogP contribution in [0.25, 0.3) is 0 Å². The first-order valence-electron chi connectivity index (χ1n) is 4.24. The van der Waals surface area contributed by atoms with Gasteiger partial charge in [-0.3, -0.25) is 4.79 Å². The Morgan fingerprint density at radius 2 is 1.92 bits per heavy atom. The van der Waals surface area contributed by atoms with Gasteiger partial charge in [-0.15, -0.1) is 11.8 Å². The zero-order chi connectivity index (χ0) is 9.78. The minimum atomic E-state index is -0.103. The summed E-state index contributed by atoms with van der Waals surface area (Å²) in [5.41, 5.74) is -0.103. The van der Waals surface area contributed by atoms with E-state index >= 15 is 0 Å². The second-order valence-electron chi connectivity index (χ2n) is 4.16. The first-order valence-corrected chi connectivity index (χ1v) is 5.29. The van der Waals surface area contributed by atoms with E-state index < -0.39 is 0 Å². The largest absolute Gasteiger partial charge is 0.351 e. The average molecular weight is 189 g/mol. The Morgan fingerprint density at radius 3 is 2.25 bits per heavy atom. The summed E-state index contributed by atoms with van der Waals surface area (Å²) in [6.45, 7) is 10.2. The predicted molar refractivity (Wildman–Crippen MR) is 55.5 cm³/mol. The summed E-state index contributed by atoms with van der Waals surface area (Å²) >= 11 is 1.67. The van der Waals surface area contributed by atoms with Crippen LogP contribution in [0.4, 0.5) is 0 Å². The standard InChI is InChI=1S/C9H19NOS/c1-7(2)12-6-8(11)10-9(3,4)5/h7H,6H2,1-5H3,(H,10,11). The lowest BCUT2D eigenvalue weighted by molar-refractivity contribution is -0.119. The van der Waals surface area contributed by atoms with E-state index in [-0.39, 0.29) is 11.4 Å². The van der Waals surface area contributed by atoms with Crippen molar-refractivity contribution in [3.8, 4) is 0 Å². The Balaban J connectivity index is 3.61. The van der Waals surface area contributed by atoms with Crippen molar-refractivity contribution in [1.29, 1.82) is 0 Å². The molecule has 0 rings (SSSR count). The lowest BCUT2D eigenvalue weighted by Gasteiger charge is -2.20. The van der Waals surface area contributed by atoms with E-state index in [1.54, 1.807) is 11.8 Å². The van der Waals surface area contributed by atoms with Crippen LogP contribution < -0.4 is 5.32 Å². The van der Waals surface area contributed by atoms with Crippen molar-refractivity contribution in [2.24, 2.45) is 0 Å². The van der Waals surface area contributed by atoms with E-state index in [4.69, 9.17) is 0 Å². The molecule has 0 bridgehead atoms. The Hall–Kier alpha value is -0.180. The third kappa shape index (κ3) is 7.92. The molecule has 2 nitrogen and oxygen atoms in total. The molecule has 0 unspecified atom stereocenters. The van der Waals surface area contributed by atoms with Gasteiger partial charge in [0.25, 0.3) is 0 Å². The Kier molecular flexibility index (Phi) is 4.68. The highest BCUT2D eigenvalue weighted by atomic mass is 32.2. The maximum absolute atomic E-state index is 11.2. The molecule has 0 saturated heterocycles. The van der Waals surface area contributed by atoms with E-state index in [0.29, 0.717) is 11.0 Å². The molecule has 0 spiro atoms. The molecule has 0 fully saturated rings. The molecule has 12 heavy (non-hydrogen) atoms. The van der Waals surface area contributed by atoms with E-state index in [0.717, 1.165) is 0 Å². The van der Waals surface area contributed by atoms with Crippen LogP contribution in [0.15, 0.2) is 0 Å². The van der Waals surface area contributed by atoms with Crippen LogP contribution in [0.5, 0.6) is 0 Å². The fourth-order valence-corrected chi connectivity index (χ4v) is 1.25. The first-order chi connectivity index (χ1) is 5.31. The SMILES string of the molecule is CC(C)SCC(=O)NC(C)(C)C. The molecule has 0 aliphatic rings. The van der Waals surface area contributed by atoms with Crippen LogP contribution in [0.3, 0.4) is 0 Å². The van der Waals surface area contributed by atoms with Gasteiger partial charge in [0.15, 0.2) is 0 Å².